The van der Waals surface area contributed by atoms with Gasteiger partial charge in [0.1, 0.15) is 0 Å². The molecule has 0 saturated heterocycles. The molecule has 12 heavy (non-hydrogen) atoms. The van der Waals surface area contributed by atoms with E-state index in [1.54, 1.807) is 0 Å². The van der Waals surface area contributed by atoms with Gasteiger partial charge in [0, 0.05) is 13.1 Å². The topological polar surface area (TPSA) is 73.6 Å². The fourth-order valence-electron chi connectivity index (χ4n) is 0.595. The van der Waals surface area contributed by atoms with Gasteiger partial charge in [-0.1, -0.05) is 0 Å². The van der Waals surface area contributed by atoms with Crippen molar-refractivity contribution in [3.63, 3.8) is 0 Å². The van der Waals surface area contributed by atoms with E-state index in [4.69, 9.17) is 15.2 Å². The molecule has 0 aliphatic rings. The minimum atomic E-state index is 0.519. The van der Waals surface area contributed by atoms with Gasteiger partial charge in [0.05, 0.1) is 26.4 Å². The predicted molar refractivity (Wildman–Crippen MR) is 44.8 cm³/mol. The van der Waals surface area contributed by atoms with Crippen LogP contribution in [0.4, 0.5) is 0 Å². The molecular formula is C7H16N2O3. The molecule has 0 unspecified atom stereocenters. The predicted octanol–water partition coefficient (Wildman–Crippen LogP) is -1.28. The number of carbonyl (C=O) groups excluding carboxylic acids is 1. The van der Waals surface area contributed by atoms with Crippen molar-refractivity contribution in [2.45, 2.75) is 0 Å². The standard InChI is InChI=1S/C7H16N2O3/c8-1-3-11-5-6-12-4-2-9-7-10/h7H,1-6,8H2,(H,9,10). The van der Waals surface area contributed by atoms with Gasteiger partial charge < -0.3 is 20.5 Å². The van der Waals surface area contributed by atoms with E-state index < -0.39 is 0 Å². The Kier molecular flexibility index (Phi) is 9.79. The summed E-state index contributed by atoms with van der Waals surface area (Å²) in [6.07, 6.45) is 0.647. The smallest absolute Gasteiger partial charge is 0.207 e. The number of carbonyl (C=O) groups is 1. The summed E-state index contributed by atoms with van der Waals surface area (Å²) in [6.45, 7) is 3.26. The zero-order valence-electron chi connectivity index (χ0n) is 7.12. The van der Waals surface area contributed by atoms with Crippen LogP contribution in [-0.2, 0) is 14.3 Å². The van der Waals surface area contributed by atoms with Crippen LogP contribution in [0.25, 0.3) is 0 Å². The van der Waals surface area contributed by atoms with Gasteiger partial charge >= 0.3 is 0 Å². The Bertz CT molecular complexity index is 101. The van der Waals surface area contributed by atoms with E-state index in [-0.39, 0.29) is 0 Å². The zero-order chi connectivity index (χ0) is 9.07. The normalized spacial score (nSPS) is 9.75. The Balaban J connectivity index is 2.77. The van der Waals surface area contributed by atoms with Gasteiger partial charge in [0.15, 0.2) is 0 Å². The molecule has 0 atom stereocenters. The first-order chi connectivity index (χ1) is 5.91. The molecule has 0 heterocycles. The summed E-state index contributed by atoms with van der Waals surface area (Å²) in [4.78, 5) is 9.77. The van der Waals surface area contributed by atoms with Crippen molar-refractivity contribution in [1.29, 1.82) is 0 Å². The molecular weight excluding hydrogens is 160 g/mol. The molecule has 0 rings (SSSR count). The molecule has 0 fully saturated rings. The second-order valence-electron chi connectivity index (χ2n) is 2.09. The van der Waals surface area contributed by atoms with Gasteiger partial charge in [-0.2, -0.15) is 0 Å². The van der Waals surface area contributed by atoms with Crippen molar-refractivity contribution in [2.75, 3.05) is 39.5 Å². The number of nitrogens with one attached hydrogen (secondary N) is 1. The number of hydrogen-bond acceptors (Lipinski definition) is 4. The van der Waals surface area contributed by atoms with Gasteiger partial charge in [-0.05, 0) is 0 Å². The molecule has 72 valence electrons. The summed E-state index contributed by atoms with van der Waals surface area (Å²) >= 11 is 0. The van der Waals surface area contributed by atoms with Crippen molar-refractivity contribution in [3.8, 4) is 0 Å². The highest BCUT2D eigenvalue weighted by atomic mass is 16.5. The number of ether oxygens (including phenoxy) is 2. The summed E-state index contributed by atoms with van der Waals surface area (Å²) in [5, 5.41) is 2.48. The molecule has 1 amide bonds. The van der Waals surface area contributed by atoms with E-state index in [1.807, 2.05) is 0 Å². The number of nitrogens with two attached hydrogens (primary N) is 1. The third-order valence-corrected chi connectivity index (χ3v) is 1.11. The zero-order valence-corrected chi connectivity index (χ0v) is 7.12. The first kappa shape index (κ1) is 11.4. The molecule has 0 radical (unpaired) electrons. The lowest BCUT2D eigenvalue weighted by Gasteiger charge is -2.03. The van der Waals surface area contributed by atoms with Crippen molar-refractivity contribution < 1.29 is 14.3 Å². The molecule has 0 spiro atoms. The average molecular weight is 176 g/mol. The second kappa shape index (κ2) is 10.3. The molecule has 0 aromatic heterocycles. The molecule has 0 bridgehead atoms. The minimum absolute atomic E-state index is 0.519. The average Bonchev–Trinajstić information content (AvgIpc) is 2.10. The van der Waals surface area contributed by atoms with Gasteiger partial charge in [-0.15, -0.1) is 0 Å². The molecule has 0 aromatic rings. The van der Waals surface area contributed by atoms with Crippen molar-refractivity contribution in [2.24, 2.45) is 5.73 Å². The van der Waals surface area contributed by atoms with Crippen LogP contribution >= 0.6 is 0 Å². The first-order valence-electron chi connectivity index (χ1n) is 3.94. The van der Waals surface area contributed by atoms with E-state index in [0.717, 1.165) is 0 Å². The summed E-state index contributed by atoms with van der Waals surface area (Å²) in [6, 6.07) is 0. The van der Waals surface area contributed by atoms with Gasteiger partial charge in [0.25, 0.3) is 0 Å². The summed E-state index contributed by atoms with van der Waals surface area (Å²) in [7, 11) is 0. The maximum atomic E-state index is 9.77. The Morgan fingerprint density at radius 2 is 1.83 bits per heavy atom. The van der Waals surface area contributed by atoms with Crippen LogP contribution < -0.4 is 11.1 Å². The number of hydrogen-bond donors (Lipinski definition) is 2. The summed E-state index contributed by atoms with van der Waals surface area (Å²) in [5.41, 5.74) is 5.19. The summed E-state index contributed by atoms with van der Waals surface area (Å²) < 4.78 is 10.1. The lowest BCUT2D eigenvalue weighted by atomic mass is 10.6. The highest BCUT2D eigenvalue weighted by Gasteiger charge is 1.87. The Labute approximate surface area is 72.2 Å². The maximum Gasteiger partial charge on any atom is 0.207 e. The fourth-order valence-corrected chi connectivity index (χ4v) is 0.595. The first-order valence-corrected chi connectivity index (χ1v) is 3.94. The Morgan fingerprint density at radius 1 is 1.17 bits per heavy atom. The van der Waals surface area contributed by atoms with Crippen LogP contribution in [0.3, 0.4) is 0 Å². The molecule has 5 heteroatoms. The molecule has 0 aromatic carbocycles. The largest absolute Gasteiger partial charge is 0.378 e. The van der Waals surface area contributed by atoms with E-state index in [9.17, 15) is 4.79 Å². The highest BCUT2D eigenvalue weighted by molar-refractivity contribution is 5.45. The van der Waals surface area contributed by atoms with E-state index in [0.29, 0.717) is 45.9 Å². The Morgan fingerprint density at radius 3 is 2.42 bits per heavy atom. The monoisotopic (exact) mass is 176 g/mol. The third kappa shape index (κ3) is 9.35. The van der Waals surface area contributed by atoms with Crippen molar-refractivity contribution in [3.05, 3.63) is 0 Å². The van der Waals surface area contributed by atoms with E-state index in [1.165, 1.54) is 0 Å². The van der Waals surface area contributed by atoms with E-state index in [2.05, 4.69) is 5.32 Å². The van der Waals surface area contributed by atoms with Crippen molar-refractivity contribution in [1.82, 2.24) is 5.32 Å². The van der Waals surface area contributed by atoms with E-state index >= 15 is 0 Å². The van der Waals surface area contributed by atoms with Crippen molar-refractivity contribution >= 4 is 6.41 Å². The van der Waals surface area contributed by atoms with Crippen LogP contribution in [0.2, 0.25) is 0 Å². The van der Waals surface area contributed by atoms with Crippen LogP contribution in [0.15, 0.2) is 0 Å². The fraction of sp³-hybridized carbons (Fsp3) is 0.857. The Hall–Kier alpha value is -0.650. The number of amides is 1. The highest BCUT2D eigenvalue weighted by Crippen LogP contribution is 1.76. The van der Waals surface area contributed by atoms with Crippen LogP contribution in [-0.4, -0.2) is 45.9 Å². The third-order valence-electron chi connectivity index (χ3n) is 1.11. The van der Waals surface area contributed by atoms with Crippen LogP contribution in [0, 0.1) is 0 Å². The summed E-state index contributed by atoms with van der Waals surface area (Å²) in [5.74, 6) is 0. The SMILES string of the molecule is NCCOCCOCCNC=O. The second-order valence-corrected chi connectivity index (χ2v) is 2.09. The number of rotatable bonds is 9. The molecule has 0 aliphatic heterocycles. The molecule has 3 N–H and O–H groups in total. The molecule has 5 nitrogen and oxygen atoms in total. The minimum Gasteiger partial charge on any atom is -0.378 e. The van der Waals surface area contributed by atoms with Gasteiger partial charge in [0.2, 0.25) is 6.41 Å². The molecule has 0 saturated carbocycles. The maximum absolute atomic E-state index is 9.77. The lowest BCUT2D eigenvalue weighted by molar-refractivity contribution is -0.109. The van der Waals surface area contributed by atoms with Crippen LogP contribution in [0.5, 0.6) is 0 Å². The molecule has 0 aliphatic carbocycles. The quantitative estimate of drug-likeness (QED) is 0.339. The lowest BCUT2D eigenvalue weighted by Crippen LogP contribution is -2.19. The van der Waals surface area contributed by atoms with Crippen LogP contribution in [0.1, 0.15) is 0 Å². The van der Waals surface area contributed by atoms with Gasteiger partial charge in [-0.3, -0.25) is 4.79 Å². The van der Waals surface area contributed by atoms with Gasteiger partial charge in [-0.25, -0.2) is 0 Å².